The molecule has 0 radical (unpaired) electrons. The van der Waals surface area contributed by atoms with E-state index in [9.17, 15) is 18.4 Å². The van der Waals surface area contributed by atoms with E-state index in [4.69, 9.17) is 0 Å². The zero-order chi connectivity index (χ0) is 18.8. The lowest BCUT2D eigenvalue weighted by Crippen LogP contribution is -2.56. The van der Waals surface area contributed by atoms with Gasteiger partial charge >= 0.3 is 0 Å². The molecule has 132 valence electrons. The van der Waals surface area contributed by atoms with Gasteiger partial charge in [0.2, 0.25) is 0 Å². The largest absolute Gasteiger partial charge is 0.275 e. The molecule has 1 N–H and O–H groups in total. The van der Waals surface area contributed by atoms with Crippen LogP contribution in [0.1, 0.15) is 41.5 Å². The molecule has 0 spiro atoms. The van der Waals surface area contributed by atoms with Gasteiger partial charge in [-0.3, -0.25) is 15.0 Å². The number of hydrogen-bond donors (Lipinski definition) is 1. The minimum Gasteiger partial charge on any atom is -0.267 e. The second kappa shape index (κ2) is 7.26. The maximum absolute atomic E-state index is 13.8. The van der Waals surface area contributed by atoms with Crippen molar-refractivity contribution in [1.29, 1.82) is 0 Å². The fraction of sp³-hybridized carbons (Fsp3) is 0.235. The Morgan fingerprint density at radius 1 is 1.16 bits per heavy atom. The monoisotopic (exact) mass is 411 g/mol. The SMILES string of the molecule is CC(C)(C)N(NC(=O)c1c(F)cccc1F)C(=O)c1ccnc(Br)c1. The van der Waals surface area contributed by atoms with E-state index in [1.54, 1.807) is 20.8 Å². The third kappa shape index (κ3) is 4.39. The van der Waals surface area contributed by atoms with E-state index in [1.807, 2.05) is 0 Å². The van der Waals surface area contributed by atoms with E-state index >= 15 is 0 Å². The Morgan fingerprint density at radius 3 is 2.28 bits per heavy atom. The lowest BCUT2D eigenvalue weighted by molar-refractivity contribution is 0.0355. The Morgan fingerprint density at radius 2 is 1.76 bits per heavy atom. The number of amides is 2. The van der Waals surface area contributed by atoms with E-state index in [1.165, 1.54) is 18.3 Å². The molecule has 1 aromatic carbocycles. The van der Waals surface area contributed by atoms with Crippen molar-refractivity contribution in [2.75, 3.05) is 0 Å². The molecular weight excluding hydrogens is 396 g/mol. The minimum atomic E-state index is -1.05. The van der Waals surface area contributed by atoms with Crippen LogP contribution in [0.25, 0.3) is 0 Å². The van der Waals surface area contributed by atoms with Gasteiger partial charge in [0.15, 0.2) is 0 Å². The number of nitrogens with one attached hydrogen (secondary N) is 1. The zero-order valence-electron chi connectivity index (χ0n) is 13.8. The van der Waals surface area contributed by atoms with Gasteiger partial charge in [0, 0.05) is 11.8 Å². The zero-order valence-corrected chi connectivity index (χ0v) is 15.4. The fourth-order valence-corrected chi connectivity index (χ4v) is 2.42. The fourth-order valence-electron chi connectivity index (χ4n) is 2.06. The minimum absolute atomic E-state index is 0.256. The number of hydrazine groups is 1. The average molecular weight is 412 g/mol. The standard InChI is InChI=1S/C17H16BrF2N3O2/c1-17(2,3)23(16(25)10-7-8-21-13(18)9-10)22-15(24)14-11(19)5-4-6-12(14)20/h4-9H,1-3H3,(H,22,24). The highest BCUT2D eigenvalue weighted by Gasteiger charge is 2.31. The van der Waals surface area contributed by atoms with E-state index in [2.05, 4.69) is 26.3 Å². The molecule has 0 saturated carbocycles. The summed E-state index contributed by atoms with van der Waals surface area (Å²) < 4.78 is 28.1. The molecule has 2 rings (SSSR count). The molecule has 0 atom stereocenters. The number of carbonyl (C=O) groups is 2. The summed E-state index contributed by atoms with van der Waals surface area (Å²) in [7, 11) is 0. The van der Waals surface area contributed by atoms with E-state index in [-0.39, 0.29) is 5.56 Å². The molecule has 1 heterocycles. The van der Waals surface area contributed by atoms with Crippen LogP contribution in [0.15, 0.2) is 41.1 Å². The topological polar surface area (TPSA) is 62.3 Å². The van der Waals surface area contributed by atoms with Gasteiger partial charge in [-0.2, -0.15) is 0 Å². The molecule has 0 unspecified atom stereocenters. The Balaban J connectivity index is 2.36. The third-order valence-electron chi connectivity index (χ3n) is 3.25. The Bertz CT molecular complexity index is 802. The molecule has 0 aliphatic rings. The Hall–Kier alpha value is -2.35. The van der Waals surface area contributed by atoms with Gasteiger partial charge in [0.25, 0.3) is 11.8 Å². The summed E-state index contributed by atoms with van der Waals surface area (Å²) in [4.78, 5) is 29.0. The maximum Gasteiger partial charge on any atom is 0.275 e. The van der Waals surface area contributed by atoms with Gasteiger partial charge in [0.05, 0.1) is 5.54 Å². The number of nitrogens with zero attached hydrogens (tertiary/aromatic N) is 2. The molecule has 25 heavy (non-hydrogen) atoms. The predicted octanol–water partition coefficient (Wildman–Crippen LogP) is 3.71. The normalized spacial score (nSPS) is 11.1. The molecule has 0 bridgehead atoms. The second-order valence-corrected chi connectivity index (χ2v) is 7.03. The maximum atomic E-state index is 13.8. The molecule has 8 heteroatoms. The molecule has 0 saturated heterocycles. The first-order valence-electron chi connectivity index (χ1n) is 7.32. The number of benzene rings is 1. The number of aromatic nitrogens is 1. The highest BCUT2D eigenvalue weighted by atomic mass is 79.9. The van der Waals surface area contributed by atoms with Crippen LogP contribution >= 0.6 is 15.9 Å². The number of carbonyl (C=O) groups excluding carboxylic acids is 2. The van der Waals surface area contributed by atoms with Crippen LogP contribution in [0.5, 0.6) is 0 Å². The first kappa shape index (κ1) is 19.0. The van der Waals surface area contributed by atoms with Crippen LogP contribution in [-0.2, 0) is 0 Å². The van der Waals surface area contributed by atoms with Crippen molar-refractivity contribution in [3.05, 3.63) is 63.9 Å². The molecule has 1 aromatic heterocycles. The van der Waals surface area contributed by atoms with E-state index < -0.39 is 34.6 Å². The quantitative estimate of drug-likeness (QED) is 0.605. The van der Waals surface area contributed by atoms with Crippen molar-refractivity contribution >= 4 is 27.7 Å². The van der Waals surface area contributed by atoms with Crippen molar-refractivity contribution in [3.63, 3.8) is 0 Å². The second-order valence-electron chi connectivity index (χ2n) is 6.22. The van der Waals surface area contributed by atoms with Crippen LogP contribution in [-0.4, -0.2) is 27.3 Å². The summed E-state index contributed by atoms with van der Waals surface area (Å²) in [6.45, 7) is 5.04. The molecule has 0 aliphatic carbocycles. The third-order valence-corrected chi connectivity index (χ3v) is 3.68. The van der Waals surface area contributed by atoms with Gasteiger partial charge in [-0.15, -0.1) is 0 Å². The lowest BCUT2D eigenvalue weighted by atomic mass is 10.1. The molecular formula is C17H16BrF2N3O2. The van der Waals surface area contributed by atoms with Crippen LogP contribution in [0, 0.1) is 11.6 Å². The average Bonchev–Trinajstić information content (AvgIpc) is 2.50. The number of rotatable bonds is 2. The summed E-state index contributed by atoms with van der Waals surface area (Å²) >= 11 is 3.17. The van der Waals surface area contributed by atoms with Crippen LogP contribution in [0.4, 0.5) is 8.78 Å². The molecule has 0 aliphatic heterocycles. The Labute approximate surface area is 152 Å². The highest BCUT2D eigenvalue weighted by Crippen LogP contribution is 2.18. The highest BCUT2D eigenvalue weighted by molar-refractivity contribution is 9.10. The van der Waals surface area contributed by atoms with Crippen LogP contribution in [0.2, 0.25) is 0 Å². The lowest BCUT2D eigenvalue weighted by Gasteiger charge is -2.35. The van der Waals surface area contributed by atoms with Gasteiger partial charge in [-0.25, -0.2) is 18.8 Å². The summed E-state index contributed by atoms with van der Waals surface area (Å²) in [5, 5.41) is 1.03. The first-order chi connectivity index (χ1) is 11.6. The summed E-state index contributed by atoms with van der Waals surface area (Å²) in [5.74, 6) is -3.61. The number of pyridine rings is 1. The summed E-state index contributed by atoms with van der Waals surface area (Å²) in [5.41, 5.74) is 0.965. The Kier molecular flexibility index (Phi) is 5.52. The smallest absolute Gasteiger partial charge is 0.267 e. The predicted molar refractivity (Wildman–Crippen MR) is 91.7 cm³/mol. The van der Waals surface area contributed by atoms with E-state index in [0.29, 0.717) is 4.60 Å². The van der Waals surface area contributed by atoms with Gasteiger partial charge < -0.3 is 0 Å². The van der Waals surface area contributed by atoms with Crippen molar-refractivity contribution in [1.82, 2.24) is 15.4 Å². The van der Waals surface area contributed by atoms with Crippen LogP contribution in [0.3, 0.4) is 0 Å². The molecule has 5 nitrogen and oxygen atoms in total. The molecule has 2 aromatic rings. The first-order valence-corrected chi connectivity index (χ1v) is 8.11. The van der Waals surface area contributed by atoms with Crippen LogP contribution < -0.4 is 5.43 Å². The van der Waals surface area contributed by atoms with Crippen molar-refractivity contribution in [3.8, 4) is 0 Å². The number of halogens is 3. The van der Waals surface area contributed by atoms with Crippen molar-refractivity contribution in [2.24, 2.45) is 0 Å². The van der Waals surface area contributed by atoms with Gasteiger partial charge in [-0.1, -0.05) is 6.07 Å². The van der Waals surface area contributed by atoms with Gasteiger partial charge in [-0.05, 0) is 61.0 Å². The summed E-state index contributed by atoms with van der Waals surface area (Å²) in [6, 6.07) is 6.06. The molecule has 2 amide bonds. The van der Waals surface area contributed by atoms with E-state index in [0.717, 1.165) is 23.2 Å². The summed E-state index contributed by atoms with van der Waals surface area (Å²) in [6.07, 6.45) is 1.43. The molecule has 0 fully saturated rings. The van der Waals surface area contributed by atoms with Crippen molar-refractivity contribution < 1.29 is 18.4 Å². The van der Waals surface area contributed by atoms with Crippen molar-refractivity contribution in [2.45, 2.75) is 26.3 Å². The number of hydrogen-bond acceptors (Lipinski definition) is 3. The van der Waals surface area contributed by atoms with Gasteiger partial charge in [0.1, 0.15) is 21.8 Å².